The van der Waals surface area contributed by atoms with E-state index in [4.69, 9.17) is 11.6 Å². The topological polar surface area (TPSA) is 65.2 Å². The average molecular weight is 346 g/mol. The fourth-order valence-electron chi connectivity index (χ4n) is 3.89. The van der Waals surface area contributed by atoms with Crippen LogP contribution in [0.1, 0.15) is 25.0 Å². The number of carbonyl (C=O) groups excluding carboxylic acids is 1. The number of nitrogens with one attached hydrogen (secondary N) is 2. The van der Waals surface area contributed by atoms with E-state index in [1.54, 1.807) is 18.2 Å². The monoisotopic (exact) mass is 345 g/mol. The van der Waals surface area contributed by atoms with Crippen LogP contribution in [0.2, 0.25) is 5.02 Å². The van der Waals surface area contributed by atoms with Crippen molar-refractivity contribution in [3.63, 3.8) is 0 Å². The van der Waals surface area contributed by atoms with Crippen molar-refractivity contribution in [3.05, 3.63) is 45.2 Å². The van der Waals surface area contributed by atoms with E-state index in [1.165, 1.54) is 0 Å². The van der Waals surface area contributed by atoms with E-state index in [0.29, 0.717) is 16.8 Å². The Kier molecular flexibility index (Phi) is 3.85. The van der Waals surface area contributed by atoms with Crippen LogP contribution in [-0.4, -0.2) is 35.4 Å². The van der Waals surface area contributed by atoms with E-state index in [9.17, 15) is 9.59 Å². The third kappa shape index (κ3) is 2.94. The summed E-state index contributed by atoms with van der Waals surface area (Å²) in [5.41, 5.74) is 1.90. The summed E-state index contributed by atoms with van der Waals surface area (Å²) in [6.45, 7) is 3.45. The summed E-state index contributed by atoms with van der Waals surface area (Å²) in [6, 6.07) is 7.01. The molecule has 0 atom stereocenters. The SMILES string of the molecule is O=C1CC2(CCN(Cc3cc(=O)c4cc(Cl)ccc4[nH]3)CC2)CN1. The highest BCUT2D eigenvalue weighted by atomic mass is 35.5. The highest BCUT2D eigenvalue weighted by Gasteiger charge is 2.40. The highest BCUT2D eigenvalue weighted by Crippen LogP contribution is 2.37. The van der Waals surface area contributed by atoms with Gasteiger partial charge >= 0.3 is 0 Å². The van der Waals surface area contributed by atoms with Crippen molar-refractivity contribution in [2.45, 2.75) is 25.8 Å². The van der Waals surface area contributed by atoms with Gasteiger partial charge in [0.05, 0.1) is 0 Å². The van der Waals surface area contributed by atoms with Gasteiger partial charge in [-0.15, -0.1) is 0 Å². The normalized spacial score (nSPS) is 20.6. The number of nitrogens with zero attached hydrogens (tertiary/aromatic N) is 1. The molecule has 1 aromatic heterocycles. The van der Waals surface area contributed by atoms with Crippen molar-refractivity contribution in [1.82, 2.24) is 15.2 Å². The molecule has 6 heteroatoms. The second-order valence-electron chi connectivity index (χ2n) is 7.08. The number of amides is 1. The summed E-state index contributed by atoms with van der Waals surface area (Å²) >= 11 is 5.97. The molecule has 0 bridgehead atoms. The number of aromatic nitrogens is 1. The number of piperidine rings is 1. The van der Waals surface area contributed by atoms with Gasteiger partial charge in [-0.25, -0.2) is 0 Å². The molecule has 2 N–H and O–H groups in total. The summed E-state index contributed by atoms with van der Waals surface area (Å²) in [5, 5.41) is 4.16. The van der Waals surface area contributed by atoms with Gasteiger partial charge in [0.25, 0.3) is 0 Å². The largest absolute Gasteiger partial charge is 0.357 e. The van der Waals surface area contributed by atoms with Crippen LogP contribution in [0.25, 0.3) is 10.9 Å². The second-order valence-corrected chi connectivity index (χ2v) is 7.51. The minimum Gasteiger partial charge on any atom is -0.357 e. The molecule has 1 aromatic carbocycles. The number of benzene rings is 1. The molecule has 126 valence electrons. The van der Waals surface area contributed by atoms with E-state index >= 15 is 0 Å². The molecule has 0 aliphatic carbocycles. The lowest BCUT2D eigenvalue weighted by Gasteiger charge is -2.38. The van der Waals surface area contributed by atoms with Crippen LogP contribution in [0.4, 0.5) is 0 Å². The van der Waals surface area contributed by atoms with E-state index in [0.717, 1.165) is 50.2 Å². The second kappa shape index (κ2) is 5.90. The maximum absolute atomic E-state index is 12.3. The average Bonchev–Trinajstić information content (AvgIpc) is 2.92. The number of halogens is 1. The molecule has 0 radical (unpaired) electrons. The molecular weight excluding hydrogens is 326 g/mol. The molecule has 5 nitrogen and oxygen atoms in total. The van der Waals surface area contributed by atoms with Crippen LogP contribution in [0.3, 0.4) is 0 Å². The van der Waals surface area contributed by atoms with Crippen LogP contribution in [0.5, 0.6) is 0 Å². The Morgan fingerprint density at radius 1 is 1.17 bits per heavy atom. The molecule has 2 aliphatic rings. The van der Waals surface area contributed by atoms with Gasteiger partial charge in [-0.2, -0.15) is 0 Å². The first-order chi connectivity index (χ1) is 11.5. The van der Waals surface area contributed by atoms with E-state index in [2.05, 4.69) is 15.2 Å². The summed E-state index contributed by atoms with van der Waals surface area (Å²) in [6.07, 6.45) is 2.72. The molecule has 0 saturated carbocycles. The number of likely N-dealkylation sites (tertiary alicyclic amines) is 1. The molecule has 1 spiro atoms. The molecule has 4 rings (SSSR count). The van der Waals surface area contributed by atoms with Gasteiger partial charge in [-0.05, 0) is 49.5 Å². The number of rotatable bonds is 2. The Bertz CT molecular complexity index is 853. The number of hydrogen-bond acceptors (Lipinski definition) is 3. The summed E-state index contributed by atoms with van der Waals surface area (Å²) < 4.78 is 0. The zero-order chi connectivity index (χ0) is 16.7. The summed E-state index contributed by atoms with van der Waals surface area (Å²) in [7, 11) is 0. The lowest BCUT2D eigenvalue weighted by atomic mass is 9.77. The number of aromatic amines is 1. The van der Waals surface area contributed by atoms with Crippen molar-refractivity contribution < 1.29 is 4.79 Å². The summed E-state index contributed by atoms with van der Waals surface area (Å²) in [4.78, 5) is 29.5. The molecule has 24 heavy (non-hydrogen) atoms. The zero-order valence-corrected chi connectivity index (χ0v) is 14.2. The molecule has 2 saturated heterocycles. The van der Waals surface area contributed by atoms with Crippen molar-refractivity contribution in [2.75, 3.05) is 19.6 Å². The van der Waals surface area contributed by atoms with Gasteiger partial charge in [-0.3, -0.25) is 14.5 Å². The van der Waals surface area contributed by atoms with Crippen molar-refractivity contribution in [1.29, 1.82) is 0 Å². The van der Waals surface area contributed by atoms with Crippen LogP contribution in [-0.2, 0) is 11.3 Å². The third-order valence-corrected chi connectivity index (χ3v) is 5.59. The quantitative estimate of drug-likeness (QED) is 0.877. The zero-order valence-electron chi connectivity index (χ0n) is 13.4. The molecule has 2 aromatic rings. The number of H-pyrrole nitrogens is 1. The minimum absolute atomic E-state index is 0.000296. The van der Waals surface area contributed by atoms with Crippen molar-refractivity contribution >= 4 is 28.4 Å². The lowest BCUT2D eigenvalue weighted by Crippen LogP contribution is -2.41. The Morgan fingerprint density at radius 2 is 1.96 bits per heavy atom. The number of carbonyl (C=O) groups is 1. The molecular formula is C18H20ClN3O2. The number of pyridine rings is 1. The van der Waals surface area contributed by atoms with E-state index in [1.807, 2.05) is 6.07 Å². The van der Waals surface area contributed by atoms with Gasteiger partial charge in [0.2, 0.25) is 5.91 Å². The standard InChI is InChI=1S/C18H20ClN3O2/c19-12-1-2-15-14(7-12)16(23)8-13(21-15)10-22-5-3-18(4-6-22)9-17(24)20-11-18/h1-2,7-8H,3-6,9-11H2,(H,20,24)(H,21,23). The van der Waals surface area contributed by atoms with Crippen LogP contribution in [0, 0.1) is 5.41 Å². The first-order valence-electron chi connectivity index (χ1n) is 8.34. The summed E-state index contributed by atoms with van der Waals surface area (Å²) in [5.74, 6) is 0.181. The predicted octanol–water partition coefficient (Wildman–Crippen LogP) is 2.28. The Labute approximate surface area is 145 Å². The maximum Gasteiger partial charge on any atom is 0.220 e. The molecule has 0 unspecified atom stereocenters. The van der Waals surface area contributed by atoms with Gasteiger partial charge in [0, 0.05) is 47.2 Å². The van der Waals surface area contributed by atoms with Gasteiger partial charge in [0.1, 0.15) is 0 Å². The van der Waals surface area contributed by atoms with Crippen molar-refractivity contribution in [2.24, 2.45) is 5.41 Å². The van der Waals surface area contributed by atoms with Gasteiger partial charge in [-0.1, -0.05) is 11.6 Å². The van der Waals surface area contributed by atoms with Gasteiger partial charge < -0.3 is 10.3 Å². The highest BCUT2D eigenvalue weighted by molar-refractivity contribution is 6.31. The van der Waals surface area contributed by atoms with E-state index in [-0.39, 0.29) is 16.8 Å². The smallest absolute Gasteiger partial charge is 0.220 e. The first-order valence-corrected chi connectivity index (χ1v) is 8.71. The Hall–Kier alpha value is -1.85. The lowest BCUT2D eigenvalue weighted by molar-refractivity contribution is -0.119. The maximum atomic E-state index is 12.3. The Balaban J connectivity index is 1.48. The van der Waals surface area contributed by atoms with Crippen LogP contribution in [0.15, 0.2) is 29.1 Å². The fraction of sp³-hybridized carbons (Fsp3) is 0.444. The molecule has 1 amide bonds. The Morgan fingerprint density at radius 3 is 2.67 bits per heavy atom. The van der Waals surface area contributed by atoms with Crippen LogP contribution >= 0.6 is 11.6 Å². The predicted molar refractivity (Wildman–Crippen MR) is 94.1 cm³/mol. The first kappa shape index (κ1) is 15.7. The van der Waals surface area contributed by atoms with Gasteiger partial charge in [0.15, 0.2) is 5.43 Å². The number of hydrogen-bond donors (Lipinski definition) is 2. The fourth-order valence-corrected chi connectivity index (χ4v) is 4.06. The minimum atomic E-state index is 0.000296. The molecule has 3 heterocycles. The molecule has 2 aliphatic heterocycles. The third-order valence-electron chi connectivity index (χ3n) is 5.35. The molecule has 2 fully saturated rings. The van der Waals surface area contributed by atoms with Crippen molar-refractivity contribution in [3.8, 4) is 0 Å². The van der Waals surface area contributed by atoms with E-state index < -0.39 is 0 Å². The number of fused-ring (bicyclic) bond motifs is 1. The van der Waals surface area contributed by atoms with Crippen LogP contribution < -0.4 is 10.7 Å².